The van der Waals surface area contributed by atoms with Crippen molar-refractivity contribution < 1.29 is 36.7 Å². The van der Waals surface area contributed by atoms with Gasteiger partial charge in [0.05, 0.1) is 11.8 Å². The van der Waals surface area contributed by atoms with Crippen molar-refractivity contribution in [1.29, 1.82) is 0 Å². The van der Waals surface area contributed by atoms with Crippen LogP contribution in [0.25, 0.3) is 0 Å². The Labute approximate surface area is 432 Å². The van der Waals surface area contributed by atoms with Gasteiger partial charge in [-0.25, -0.2) is 17.6 Å². The van der Waals surface area contributed by atoms with Crippen LogP contribution in [0.1, 0.15) is 145 Å². The van der Waals surface area contributed by atoms with Crippen molar-refractivity contribution in [3.8, 4) is 0 Å². The molecule has 74 heavy (non-hydrogen) atoms. The van der Waals surface area contributed by atoms with E-state index >= 15 is 0 Å². The highest BCUT2D eigenvalue weighted by Gasteiger charge is 2.54. The van der Waals surface area contributed by atoms with Gasteiger partial charge in [-0.15, -0.1) is 0 Å². The van der Waals surface area contributed by atoms with Crippen LogP contribution in [0.15, 0.2) is 158 Å². The normalized spacial score (nSPS) is 26.8. The van der Waals surface area contributed by atoms with E-state index in [1.807, 2.05) is 12.1 Å². The third-order valence-corrected chi connectivity index (χ3v) is 18.4. The molecule has 0 spiro atoms. The molecule has 6 aromatic rings. The molecule has 0 amide bonds. The summed E-state index contributed by atoms with van der Waals surface area (Å²) in [4.78, 5) is 57.0. The van der Waals surface area contributed by atoms with E-state index < -0.39 is 23.7 Å². The smallest absolute Gasteiger partial charge is 0.174 e. The Balaban J connectivity index is 0.000000159. The summed E-state index contributed by atoms with van der Waals surface area (Å²) in [6, 6.07) is 42.0. The van der Waals surface area contributed by atoms with Gasteiger partial charge in [0.2, 0.25) is 0 Å². The number of ketones is 4. The molecule has 6 aromatic carbocycles. The first-order chi connectivity index (χ1) is 35.8. The summed E-state index contributed by atoms with van der Waals surface area (Å²) in [6.07, 6.45) is 15.0. The molecule has 8 fully saturated rings. The summed E-state index contributed by atoms with van der Waals surface area (Å²) in [7, 11) is 0. The van der Waals surface area contributed by atoms with E-state index in [0.717, 1.165) is 38.5 Å². The molecule has 8 heteroatoms. The van der Waals surface area contributed by atoms with Crippen LogP contribution in [0.2, 0.25) is 0 Å². The Morgan fingerprint density at radius 1 is 0.351 bits per heavy atom. The van der Waals surface area contributed by atoms with Gasteiger partial charge in [-0.2, -0.15) is 0 Å². The maximum Gasteiger partial charge on any atom is 0.174 e. The van der Waals surface area contributed by atoms with Crippen LogP contribution in [0.5, 0.6) is 0 Å². The Hall–Kier alpha value is -6.28. The van der Waals surface area contributed by atoms with Gasteiger partial charge in [0.15, 0.2) is 11.6 Å². The first-order valence-electron chi connectivity index (χ1n) is 27.0. The van der Waals surface area contributed by atoms with Crippen molar-refractivity contribution in [3.63, 3.8) is 0 Å². The average molecular weight is 997 g/mol. The molecule has 0 unspecified atom stereocenters. The van der Waals surface area contributed by atoms with Crippen LogP contribution in [-0.2, 0) is 9.59 Å². The second-order valence-corrected chi connectivity index (χ2v) is 23.7. The predicted molar refractivity (Wildman–Crippen MR) is 278 cm³/mol. The van der Waals surface area contributed by atoms with Gasteiger partial charge < -0.3 is 0 Å². The van der Waals surface area contributed by atoms with Crippen molar-refractivity contribution >= 4 is 23.1 Å². The zero-order valence-corrected chi connectivity index (χ0v) is 41.8. The number of hydrogen-bond donors (Lipinski definition) is 0. The van der Waals surface area contributed by atoms with Gasteiger partial charge in [0, 0.05) is 35.8 Å². The van der Waals surface area contributed by atoms with Crippen LogP contribution in [0, 0.1) is 81.4 Å². The van der Waals surface area contributed by atoms with E-state index in [1.54, 1.807) is 97.1 Å². The van der Waals surface area contributed by atoms with Gasteiger partial charge in [0.1, 0.15) is 34.8 Å². The van der Waals surface area contributed by atoms with Crippen molar-refractivity contribution in [3.05, 3.63) is 214 Å². The molecule has 0 heterocycles. The zero-order valence-electron chi connectivity index (χ0n) is 41.8. The molecule has 8 aliphatic carbocycles. The van der Waals surface area contributed by atoms with Gasteiger partial charge >= 0.3 is 0 Å². The summed E-state index contributed by atoms with van der Waals surface area (Å²) in [5.74, 6) is -1.06. The Kier molecular flexibility index (Phi) is 14.0. The standard InChI is InChI=1S/2C33H32F2O2/c2*34-27-10-6-24(7-11-27)30(25-8-12-28(35)13-9-25)31(32(37)26-4-2-1-3-5-26)29(36)20-33-17-21-14-22(18-33)16-23(15-21)19-33/h2*1-13,21-23,30-31H,14-20H2/t2*21?,22?,23?,31-,33?/m10/s1. The van der Waals surface area contributed by atoms with Crippen molar-refractivity contribution in [1.82, 2.24) is 0 Å². The van der Waals surface area contributed by atoms with E-state index in [1.165, 1.54) is 87.1 Å². The minimum Gasteiger partial charge on any atom is -0.299 e. The Morgan fingerprint density at radius 2 is 0.581 bits per heavy atom. The average Bonchev–Trinajstić information content (AvgIpc) is 3.38. The van der Waals surface area contributed by atoms with Gasteiger partial charge in [-0.1, -0.05) is 109 Å². The Morgan fingerprint density at radius 3 is 0.811 bits per heavy atom. The van der Waals surface area contributed by atoms with Crippen LogP contribution in [0.4, 0.5) is 17.6 Å². The number of benzene rings is 6. The topological polar surface area (TPSA) is 68.3 Å². The molecular weight excluding hydrogens is 933 g/mol. The monoisotopic (exact) mass is 996 g/mol. The summed E-state index contributed by atoms with van der Waals surface area (Å²) < 4.78 is 55.6. The van der Waals surface area contributed by atoms with Crippen LogP contribution in [0.3, 0.4) is 0 Å². The second kappa shape index (κ2) is 20.8. The molecule has 14 rings (SSSR count). The molecule has 0 aliphatic heterocycles. The van der Waals surface area contributed by atoms with Crippen LogP contribution < -0.4 is 0 Å². The highest BCUT2D eigenvalue weighted by atomic mass is 19.1. The van der Waals surface area contributed by atoms with Crippen molar-refractivity contribution in [2.75, 3.05) is 0 Å². The third-order valence-electron chi connectivity index (χ3n) is 18.4. The van der Waals surface area contributed by atoms with Crippen LogP contribution >= 0.6 is 0 Å². The lowest BCUT2D eigenvalue weighted by atomic mass is 9.48. The number of halogens is 4. The summed E-state index contributed by atoms with van der Waals surface area (Å²) in [5.41, 5.74) is 3.67. The highest BCUT2D eigenvalue weighted by molar-refractivity contribution is 6.12. The summed E-state index contributed by atoms with van der Waals surface area (Å²) in [6.45, 7) is 0. The molecule has 8 aliphatic rings. The van der Waals surface area contributed by atoms with E-state index in [9.17, 15) is 36.7 Å². The first kappa shape index (κ1) is 49.9. The number of carbonyl (C=O) groups is 4. The van der Waals surface area contributed by atoms with E-state index in [4.69, 9.17) is 0 Å². The molecule has 2 atom stereocenters. The molecule has 4 nitrogen and oxygen atoms in total. The fourth-order valence-electron chi connectivity index (χ4n) is 16.3. The fraction of sp³-hybridized carbons (Fsp3) is 0.394. The van der Waals surface area contributed by atoms with Crippen molar-refractivity contribution in [2.45, 2.75) is 102 Å². The molecule has 8 bridgehead atoms. The van der Waals surface area contributed by atoms with Crippen LogP contribution in [-0.4, -0.2) is 23.1 Å². The van der Waals surface area contributed by atoms with Crippen molar-refractivity contribution in [2.24, 2.45) is 58.2 Å². The quantitative estimate of drug-likeness (QED) is 0.0550. The molecule has 0 N–H and O–H groups in total. The predicted octanol–water partition coefficient (Wildman–Crippen LogP) is 15.5. The van der Waals surface area contributed by atoms with E-state index in [2.05, 4.69) is 0 Å². The second-order valence-electron chi connectivity index (χ2n) is 23.7. The summed E-state index contributed by atoms with van der Waals surface area (Å²) >= 11 is 0. The van der Waals surface area contributed by atoms with Gasteiger partial charge in [-0.3, -0.25) is 19.2 Å². The molecule has 0 aromatic heterocycles. The largest absolute Gasteiger partial charge is 0.299 e. The minimum atomic E-state index is -0.966. The maximum atomic E-state index is 14.4. The molecule has 8 saturated carbocycles. The number of rotatable bonds is 16. The molecule has 380 valence electrons. The zero-order chi connectivity index (χ0) is 51.1. The number of hydrogen-bond acceptors (Lipinski definition) is 4. The van der Waals surface area contributed by atoms with Gasteiger partial charge in [-0.05, 0) is 194 Å². The lowest BCUT2D eigenvalue weighted by Crippen LogP contribution is -2.48. The first-order valence-corrected chi connectivity index (χ1v) is 27.0. The Bertz CT molecular complexity index is 2600. The maximum absolute atomic E-state index is 14.4. The minimum absolute atomic E-state index is 0.0167. The number of carbonyl (C=O) groups excluding carboxylic acids is 4. The molecule has 0 radical (unpaired) electrons. The third kappa shape index (κ3) is 10.5. The molecular formula is C66H64F4O4. The van der Waals surface area contributed by atoms with E-state index in [-0.39, 0.29) is 57.2 Å². The van der Waals surface area contributed by atoms with Gasteiger partial charge in [0.25, 0.3) is 0 Å². The number of Topliss-reactive ketones (excluding diaryl/α,β-unsaturated/α-hetero) is 4. The summed E-state index contributed by atoms with van der Waals surface area (Å²) in [5, 5.41) is 0. The molecule has 0 saturated heterocycles. The highest BCUT2D eigenvalue weighted by Crippen LogP contribution is 2.63. The van der Waals surface area contributed by atoms with E-state index in [0.29, 0.717) is 81.7 Å². The SMILES string of the molecule is O=C(CC12CC3CC(CC(C3)C1)C2)[C@@H](C(=O)c1ccccc1)C(c1ccc(F)cc1)c1ccc(F)cc1.O=C(CC12CC3CC(CC(C3)C1)C2)[C@H](C(=O)c1ccccc1)C(c1ccc(F)cc1)c1ccc(F)cc1. The lowest BCUT2D eigenvalue weighted by molar-refractivity contribution is -0.131. The lowest BCUT2D eigenvalue weighted by Gasteiger charge is -2.57. The fourth-order valence-corrected chi connectivity index (χ4v) is 16.3.